The summed E-state index contributed by atoms with van der Waals surface area (Å²) in [7, 11) is 1.47. The molecule has 8 heteroatoms. The monoisotopic (exact) mass is 455 g/mol. The van der Waals surface area contributed by atoms with Gasteiger partial charge in [-0.15, -0.1) is 0 Å². The molecule has 0 atom stereocenters. The number of benzene rings is 1. The van der Waals surface area contributed by atoms with Crippen LogP contribution in [0.3, 0.4) is 0 Å². The van der Waals surface area contributed by atoms with Crippen molar-refractivity contribution in [1.29, 1.82) is 0 Å². The molecular weight excluding hydrogens is 421 g/mol. The van der Waals surface area contributed by atoms with Crippen molar-refractivity contribution >= 4 is 11.8 Å². The van der Waals surface area contributed by atoms with E-state index in [1.165, 1.54) is 32.4 Å². The summed E-state index contributed by atoms with van der Waals surface area (Å²) in [5.74, 6) is 0.920. The van der Waals surface area contributed by atoms with Crippen molar-refractivity contribution in [3.8, 4) is 5.75 Å². The average Bonchev–Trinajstić information content (AvgIpc) is 2.85. The minimum absolute atomic E-state index is 0.140. The molecular formula is C25H34FN5O2. The number of urea groups is 1. The van der Waals surface area contributed by atoms with Gasteiger partial charge in [-0.1, -0.05) is 12.1 Å². The molecule has 2 aliphatic rings. The summed E-state index contributed by atoms with van der Waals surface area (Å²) in [5, 5.41) is 6.12. The number of carbonyl (C=O) groups excluding carboxylic acids is 1. The number of hydrogen-bond donors (Lipinski definition) is 2. The number of carbonyl (C=O) groups is 1. The summed E-state index contributed by atoms with van der Waals surface area (Å²) in [4.78, 5) is 21.7. The number of hydrogen-bond acceptors (Lipinski definition) is 5. The Hall–Kier alpha value is -2.87. The van der Waals surface area contributed by atoms with Gasteiger partial charge in [0.25, 0.3) is 0 Å². The molecule has 2 amide bonds. The third-order valence-electron chi connectivity index (χ3n) is 6.51. The number of piperidine rings is 2. The highest BCUT2D eigenvalue weighted by Crippen LogP contribution is 2.22. The van der Waals surface area contributed by atoms with E-state index >= 15 is 0 Å². The molecule has 0 aliphatic carbocycles. The van der Waals surface area contributed by atoms with Gasteiger partial charge < -0.3 is 20.3 Å². The minimum Gasteiger partial charge on any atom is -0.494 e. The molecule has 0 radical (unpaired) electrons. The molecule has 1 aromatic heterocycles. The first kappa shape index (κ1) is 23.3. The maximum atomic E-state index is 13.9. The molecule has 7 nitrogen and oxygen atoms in total. The highest BCUT2D eigenvalue weighted by atomic mass is 19.1. The Bertz CT molecular complexity index is 927. The van der Waals surface area contributed by atoms with Crippen LogP contribution in [0, 0.1) is 5.82 Å². The minimum atomic E-state index is -0.333. The van der Waals surface area contributed by atoms with Crippen LogP contribution in [-0.4, -0.2) is 55.2 Å². The smallest absolute Gasteiger partial charge is 0.315 e. The van der Waals surface area contributed by atoms with Gasteiger partial charge in [0.1, 0.15) is 5.82 Å². The first-order valence-corrected chi connectivity index (χ1v) is 11.9. The number of methoxy groups -OCH3 is 1. The Morgan fingerprint density at radius 3 is 2.67 bits per heavy atom. The third-order valence-corrected chi connectivity index (χ3v) is 6.51. The van der Waals surface area contributed by atoms with Gasteiger partial charge in [0.05, 0.1) is 7.11 Å². The molecule has 178 valence electrons. The fraction of sp³-hybridized carbons (Fsp3) is 0.520. The zero-order valence-electron chi connectivity index (χ0n) is 19.4. The molecule has 0 bridgehead atoms. The maximum Gasteiger partial charge on any atom is 0.315 e. The van der Waals surface area contributed by atoms with Crippen LogP contribution in [0.15, 0.2) is 36.5 Å². The molecule has 2 saturated heterocycles. The highest BCUT2D eigenvalue weighted by molar-refractivity contribution is 5.74. The SMILES string of the molecule is COc1ccc(CN2CCC(NC(=O)NCc3cccnc3N3CCCCC3)CC2)cc1F. The van der Waals surface area contributed by atoms with Crippen molar-refractivity contribution in [2.75, 3.05) is 38.2 Å². The second-order valence-corrected chi connectivity index (χ2v) is 8.88. The fourth-order valence-corrected chi connectivity index (χ4v) is 4.67. The third kappa shape index (κ3) is 6.35. The van der Waals surface area contributed by atoms with Crippen LogP contribution in [0.25, 0.3) is 0 Å². The number of nitrogens with zero attached hydrogens (tertiary/aromatic N) is 3. The molecule has 2 aliphatic heterocycles. The van der Waals surface area contributed by atoms with E-state index in [1.54, 1.807) is 6.07 Å². The van der Waals surface area contributed by atoms with Crippen LogP contribution >= 0.6 is 0 Å². The molecule has 4 rings (SSSR count). The largest absolute Gasteiger partial charge is 0.494 e. The van der Waals surface area contributed by atoms with Crippen molar-refractivity contribution in [1.82, 2.24) is 20.5 Å². The van der Waals surface area contributed by atoms with Crippen molar-refractivity contribution in [3.05, 3.63) is 53.5 Å². The summed E-state index contributed by atoms with van der Waals surface area (Å²) in [6.07, 6.45) is 7.22. The lowest BCUT2D eigenvalue weighted by atomic mass is 10.0. The van der Waals surface area contributed by atoms with Crippen molar-refractivity contribution in [3.63, 3.8) is 0 Å². The molecule has 0 unspecified atom stereocenters. The molecule has 0 spiro atoms. The lowest BCUT2D eigenvalue weighted by molar-refractivity contribution is 0.186. The van der Waals surface area contributed by atoms with Crippen molar-refractivity contribution in [2.45, 2.75) is 51.2 Å². The van der Waals surface area contributed by atoms with E-state index in [0.29, 0.717) is 13.1 Å². The number of aromatic nitrogens is 1. The lowest BCUT2D eigenvalue weighted by Gasteiger charge is -2.32. The first-order valence-electron chi connectivity index (χ1n) is 11.9. The molecule has 2 fully saturated rings. The quantitative estimate of drug-likeness (QED) is 0.667. The summed E-state index contributed by atoms with van der Waals surface area (Å²) >= 11 is 0. The Balaban J connectivity index is 1.21. The molecule has 33 heavy (non-hydrogen) atoms. The molecule has 0 saturated carbocycles. The molecule has 2 aromatic rings. The van der Waals surface area contributed by atoms with Crippen LogP contribution in [0.5, 0.6) is 5.75 Å². The Morgan fingerprint density at radius 1 is 1.15 bits per heavy atom. The van der Waals surface area contributed by atoms with E-state index in [4.69, 9.17) is 4.74 Å². The zero-order valence-corrected chi connectivity index (χ0v) is 19.4. The Morgan fingerprint density at radius 2 is 1.94 bits per heavy atom. The Kier molecular flexibility index (Phi) is 7.99. The predicted molar refractivity (Wildman–Crippen MR) is 127 cm³/mol. The average molecular weight is 456 g/mol. The number of halogens is 1. The summed E-state index contributed by atoms with van der Waals surface area (Å²) in [6.45, 7) is 4.93. The zero-order chi connectivity index (χ0) is 23.0. The second kappa shape index (κ2) is 11.3. The summed E-state index contributed by atoms with van der Waals surface area (Å²) in [6, 6.07) is 9.07. The van der Waals surface area contributed by atoms with Gasteiger partial charge in [0.15, 0.2) is 11.6 Å². The highest BCUT2D eigenvalue weighted by Gasteiger charge is 2.21. The van der Waals surface area contributed by atoms with E-state index in [2.05, 4.69) is 25.4 Å². The van der Waals surface area contributed by atoms with E-state index in [9.17, 15) is 9.18 Å². The predicted octanol–water partition coefficient (Wildman–Crippen LogP) is 3.68. The van der Waals surface area contributed by atoms with E-state index in [1.807, 2.05) is 24.4 Å². The van der Waals surface area contributed by atoms with Gasteiger partial charge in [-0.05, 0) is 55.9 Å². The van der Waals surface area contributed by atoms with E-state index in [0.717, 1.165) is 56.0 Å². The number of rotatable bonds is 7. The van der Waals surface area contributed by atoms with E-state index in [-0.39, 0.29) is 23.6 Å². The number of ether oxygens (including phenoxy) is 1. The number of nitrogens with one attached hydrogen (secondary N) is 2. The number of pyridine rings is 1. The van der Waals surface area contributed by atoms with Gasteiger partial charge in [0, 0.05) is 57.1 Å². The van der Waals surface area contributed by atoms with Crippen LogP contribution in [0.1, 0.15) is 43.2 Å². The normalized spacial score (nSPS) is 17.6. The van der Waals surface area contributed by atoms with Crippen molar-refractivity contribution in [2.24, 2.45) is 0 Å². The van der Waals surface area contributed by atoms with Gasteiger partial charge in [-0.2, -0.15) is 0 Å². The van der Waals surface area contributed by atoms with Crippen molar-refractivity contribution < 1.29 is 13.9 Å². The number of amides is 2. The van der Waals surface area contributed by atoms with Crippen LogP contribution < -0.4 is 20.3 Å². The fourth-order valence-electron chi connectivity index (χ4n) is 4.67. The lowest BCUT2D eigenvalue weighted by Crippen LogP contribution is -2.47. The summed E-state index contributed by atoms with van der Waals surface area (Å²) < 4.78 is 18.9. The van der Waals surface area contributed by atoms with Gasteiger partial charge in [-0.25, -0.2) is 14.2 Å². The van der Waals surface area contributed by atoms with Gasteiger partial charge in [-0.3, -0.25) is 4.90 Å². The molecule has 3 heterocycles. The second-order valence-electron chi connectivity index (χ2n) is 8.88. The standard InChI is InChI=1S/C25H34FN5O2/c1-33-23-8-7-19(16-22(23)26)18-30-14-9-21(10-15-30)29-25(32)28-17-20-6-5-11-27-24(20)31-12-3-2-4-13-31/h5-8,11,16,21H,2-4,9-10,12-15,17-18H2,1H3,(H2,28,29,32). The van der Waals surface area contributed by atoms with Gasteiger partial charge >= 0.3 is 6.03 Å². The van der Waals surface area contributed by atoms with Gasteiger partial charge in [0.2, 0.25) is 0 Å². The topological polar surface area (TPSA) is 69.7 Å². The maximum absolute atomic E-state index is 13.9. The number of anilines is 1. The van der Waals surface area contributed by atoms with Crippen LogP contribution in [0.4, 0.5) is 15.0 Å². The Labute approximate surface area is 195 Å². The molecule has 1 aromatic carbocycles. The summed E-state index contributed by atoms with van der Waals surface area (Å²) in [5.41, 5.74) is 1.98. The van der Waals surface area contributed by atoms with E-state index < -0.39 is 0 Å². The number of likely N-dealkylation sites (tertiary alicyclic amines) is 1. The first-order chi connectivity index (χ1) is 16.1. The molecule has 2 N–H and O–H groups in total. The van der Waals surface area contributed by atoms with Crippen LogP contribution in [0.2, 0.25) is 0 Å². The van der Waals surface area contributed by atoms with Crippen LogP contribution in [-0.2, 0) is 13.1 Å².